The molecular weight excluding hydrogens is 250 g/mol. The molecule has 1 aliphatic rings. The van der Waals surface area contributed by atoms with Crippen molar-refractivity contribution in [2.75, 3.05) is 5.73 Å². The summed E-state index contributed by atoms with van der Waals surface area (Å²) in [6.45, 7) is 0. The van der Waals surface area contributed by atoms with Crippen molar-refractivity contribution in [3.8, 4) is 11.5 Å². The van der Waals surface area contributed by atoms with Gasteiger partial charge in [-0.3, -0.25) is 0 Å². The molecule has 0 unspecified atom stereocenters. The summed E-state index contributed by atoms with van der Waals surface area (Å²) in [5, 5.41) is 8.76. The normalized spacial score (nSPS) is 16.3. The molecular formula is C13H14ClN3O. The second kappa shape index (κ2) is 4.61. The molecule has 1 aliphatic carbocycles. The maximum absolute atomic E-state index is 5.89. The lowest BCUT2D eigenvalue weighted by Crippen LogP contribution is -1.91. The zero-order valence-electron chi connectivity index (χ0n) is 9.90. The van der Waals surface area contributed by atoms with Crippen LogP contribution < -0.4 is 5.73 Å². The van der Waals surface area contributed by atoms with E-state index in [1.807, 2.05) is 6.07 Å². The minimum atomic E-state index is 0.427. The van der Waals surface area contributed by atoms with Crippen molar-refractivity contribution in [3.05, 3.63) is 29.1 Å². The molecule has 18 heavy (non-hydrogen) atoms. The van der Waals surface area contributed by atoms with Crippen molar-refractivity contribution in [1.29, 1.82) is 0 Å². The monoisotopic (exact) mass is 263 g/mol. The van der Waals surface area contributed by atoms with Gasteiger partial charge in [0.1, 0.15) is 0 Å². The van der Waals surface area contributed by atoms with Crippen molar-refractivity contribution >= 4 is 17.3 Å². The van der Waals surface area contributed by atoms with Crippen LogP contribution in [0.4, 0.5) is 5.69 Å². The lowest BCUT2D eigenvalue weighted by molar-refractivity contribution is 0.457. The third-order valence-corrected chi connectivity index (χ3v) is 3.73. The summed E-state index contributed by atoms with van der Waals surface area (Å²) >= 11 is 5.89. The number of nitrogens with two attached hydrogens (primary N) is 1. The fourth-order valence-electron chi connectivity index (χ4n) is 2.37. The number of benzene rings is 1. The maximum Gasteiger partial charge on any atom is 0.247 e. The fraction of sp³-hybridized carbons (Fsp3) is 0.385. The Labute approximate surface area is 110 Å². The molecule has 94 valence electrons. The number of halogens is 1. The molecule has 4 nitrogen and oxygen atoms in total. The highest BCUT2D eigenvalue weighted by atomic mass is 35.5. The Morgan fingerprint density at radius 1 is 1.22 bits per heavy atom. The Morgan fingerprint density at radius 3 is 2.72 bits per heavy atom. The van der Waals surface area contributed by atoms with E-state index in [4.69, 9.17) is 21.8 Å². The van der Waals surface area contributed by atoms with Crippen LogP contribution in [0.15, 0.2) is 22.6 Å². The minimum absolute atomic E-state index is 0.427. The number of anilines is 1. The van der Waals surface area contributed by atoms with E-state index < -0.39 is 0 Å². The number of aromatic nitrogens is 2. The molecule has 1 heterocycles. The Bertz CT molecular complexity index is 561. The van der Waals surface area contributed by atoms with Gasteiger partial charge in [-0.2, -0.15) is 0 Å². The van der Waals surface area contributed by atoms with Crippen molar-refractivity contribution in [2.24, 2.45) is 0 Å². The topological polar surface area (TPSA) is 64.9 Å². The van der Waals surface area contributed by atoms with E-state index in [-0.39, 0.29) is 0 Å². The van der Waals surface area contributed by atoms with Gasteiger partial charge in [-0.15, -0.1) is 10.2 Å². The molecule has 2 aromatic rings. The molecule has 0 bridgehead atoms. The average molecular weight is 264 g/mol. The van der Waals surface area contributed by atoms with Gasteiger partial charge >= 0.3 is 0 Å². The smallest absolute Gasteiger partial charge is 0.247 e. The average Bonchev–Trinajstić information content (AvgIpc) is 3.01. The zero-order valence-corrected chi connectivity index (χ0v) is 10.7. The first-order valence-electron chi connectivity index (χ1n) is 6.13. The Kier molecular flexibility index (Phi) is 2.96. The molecule has 0 aliphatic heterocycles. The molecule has 0 atom stereocenters. The number of nitrogen functional groups attached to an aromatic ring is 1. The second-order valence-corrected chi connectivity index (χ2v) is 5.07. The highest BCUT2D eigenvalue weighted by molar-refractivity contribution is 6.33. The predicted molar refractivity (Wildman–Crippen MR) is 70.4 cm³/mol. The molecule has 0 spiro atoms. The first kappa shape index (κ1) is 11.5. The Hall–Kier alpha value is -1.55. The minimum Gasteiger partial charge on any atom is -0.420 e. The van der Waals surface area contributed by atoms with Crippen molar-refractivity contribution < 1.29 is 4.42 Å². The molecule has 1 aromatic heterocycles. The first-order chi connectivity index (χ1) is 8.74. The standard InChI is InChI=1S/C13H14ClN3O/c14-10-6-5-9(7-11(10)15)13-17-16-12(18-13)8-3-1-2-4-8/h5-8H,1-4,15H2. The van der Waals surface area contributed by atoms with Gasteiger partial charge in [0.25, 0.3) is 0 Å². The molecule has 1 saturated carbocycles. The summed E-state index contributed by atoms with van der Waals surface area (Å²) < 4.78 is 5.73. The predicted octanol–water partition coefficient (Wildman–Crippen LogP) is 3.63. The van der Waals surface area contributed by atoms with Crippen molar-refractivity contribution in [1.82, 2.24) is 10.2 Å². The second-order valence-electron chi connectivity index (χ2n) is 4.66. The number of hydrogen-bond acceptors (Lipinski definition) is 4. The highest BCUT2D eigenvalue weighted by Gasteiger charge is 2.23. The summed E-state index contributed by atoms with van der Waals surface area (Å²) in [6.07, 6.45) is 4.78. The van der Waals surface area contributed by atoms with Crippen LogP contribution in [0.3, 0.4) is 0 Å². The van der Waals surface area contributed by atoms with Crippen LogP contribution >= 0.6 is 11.6 Å². The maximum atomic E-state index is 5.89. The van der Waals surface area contributed by atoms with Gasteiger partial charge < -0.3 is 10.2 Å². The van der Waals surface area contributed by atoms with E-state index in [0.29, 0.717) is 22.5 Å². The van der Waals surface area contributed by atoms with Crippen LogP contribution in [-0.2, 0) is 0 Å². The summed E-state index contributed by atoms with van der Waals surface area (Å²) in [5.41, 5.74) is 7.10. The Balaban J connectivity index is 1.89. The number of rotatable bonds is 2. The fourth-order valence-corrected chi connectivity index (χ4v) is 2.48. The van der Waals surface area contributed by atoms with Gasteiger partial charge in [-0.05, 0) is 31.0 Å². The van der Waals surface area contributed by atoms with Gasteiger partial charge in [0.15, 0.2) is 0 Å². The molecule has 1 aromatic carbocycles. The van der Waals surface area contributed by atoms with Gasteiger partial charge in [0.05, 0.1) is 10.7 Å². The van der Waals surface area contributed by atoms with Gasteiger partial charge in [0, 0.05) is 11.5 Å². The molecule has 5 heteroatoms. The van der Waals surface area contributed by atoms with Crippen LogP contribution in [0.5, 0.6) is 0 Å². The Morgan fingerprint density at radius 2 is 2.00 bits per heavy atom. The summed E-state index contributed by atoms with van der Waals surface area (Å²) in [4.78, 5) is 0. The van der Waals surface area contributed by atoms with E-state index in [1.165, 1.54) is 12.8 Å². The highest BCUT2D eigenvalue weighted by Crippen LogP contribution is 2.34. The van der Waals surface area contributed by atoms with E-state index in [0.717, 1.165) is 24.3 Å². The molecule has 2 N–H and O–H groups in total. The van der Waals surface area contributed by atoms with E-state index in [9.17, 15) is 0 Å². The van der Waals surface area contributed by atoms with E-state index in [1.54, 1.807) is 12.1 Å². The zero-order chi connectivity index (χ0) is 12.5. The quantitative estimate of drug-likeness (QED) is 0.841. The largest absolute Gasteiger partial charge is 0.420 e. The van der Waals surface area contributed by atoms with Crippen molar-refractivity contribution in [2.45, 2.75) is 31.6 Å². The van der Waals surface area contributed by atoms with Crippen molar-refractivity contribution in [3.63, 3.8) is 0 Å². The van der Waals surface area contributed by atoms with Crippen LogP contribution in [0.1, 0.15) is 37.5 Å². The van der Waals surface area contributed by atoms with Gasteiger partial charge in [-0.1, -0.05) is 24.4 Å². The summed E-state index contributed by atoms with van der Waals surface area (Å²) in [7, 11) is 0. The molecule has 0 saturated heterocycles. The molecule has 0 amide bonds. The molecule has 0 radical (unpaired) electrons. The number of nitrogens with zero attached hydrogens (tertiary/aromatic N) is 2. The number of hydrogen-bond donors (Lipinski definition) is 1. The molecule has 1 fully saturated rings. The van der Waals surface area contributed by atoms with Crippen LogP contribution in [0, 0.1) is 0 Å². The first-order valence-corrected chi connectivity index (χ1v) is 6.50. The van der Waals surface area contributed by atoms with Crippen LogP contribution in [-0.4, -0.2) is 10.2 Å². The lowest BCUT2D eigenvalue weighted by Gasteiger charge is -2.01. The third-order valence-electron chi connectivity index (χ3n) is 3.39. The lowest BCUT2D eigenvalue weighted by atomic mass is 10.1. The van der Waals surface area contributed by atoms with E-state index in [2.05, 4.69) is 10.2 Å². The summed E-state index contributed by atoms with van der Waals surface area (Å²) in [5.74, 6) is 1.69. The third kappa shape index (κ3) is 2.08. The SMILES string of the molecule is Nc1cc(-c2nnc(C3CCCC3)o2)ccc1Cl. The van der Waals surface area contributed by atoms with Crippen LogP contribution in [0.2, 0.25) is 5.02 Å². The van der Waals surface area contributed by atoms with Gasteiger partial charge in [0.2, 0.25) is 11.8 Å². The van der Waals surface area contributed by atoms with Crippen LogP contribution in [0.25, 0.3) is 11.5 Å². The summed E-state index contributed by atoms with van der Waals surface area (Å²) in [6, 6.07) is 5.34. The van der Waals surface area contributed by atoms with Gasteiger partial charge in [-0.25, -0.2) is 0 Å². The van der Waals surface area contributed by atoms with E-state index >= 15 is 0 Å². The molecule has 3 rings (SSSR count).